The van der Waals surface area contributed by atoms with Gasteiger partial charge in [0.05, 0.1) is 18.0 Å². The van der Waals surface area contributed by atoms with E-state index in [1.807, 2.05) is 24.5 Å². The Morgan fingerprint density at radius 3 is 2.34 bits per heavy atom. The van der Waals surface area contributed by atoms with Crippen molar-refractivity contribution < 1.29 is 24.5 Å². The van der Waals surface area contributed by atoms with Crippen molar-refractivity contribution in [1.82, 2.24) is 4.57 Å². The van der Waals surface area contributed by atoms with Crippen molar-refractivity contribution in [2.45, 2.75) is 57.3 Å². The Morgan fingerprint density at radius 2 is 1.78 bits per heavy atom. The van der Waals surface area contributed by atoms with Crippen molar-refractivity contribution in [1.29, 1.82) is 0 Å². The SMILES string of the molecule is CC(C)(CO)c1c([C@]2(C)CC[C@H](C(=O)O)CC2)c2c(O)cccc2n1-c1ccc(F)cc1. The van der Waals surface area contributed by atoms with Crippen molar-refractivity contribution in [2.75, 3.05) is 6.61 Å². The monoisotopic (exact) mass is 439 g/mol. The maximum atomic E-state index is 13.7. The molecule has 3 N–H and O–H groups in total. The average Bonchev–Trinajstić information content (AvgIpc) is 3.13. The van der Waals surface area contributed by atoms with Gasteiger partial charge in [-0.15, -0.1) is 0 Å². The summed E-state index contributed by atoms with van der Waals surface area (Å²) in [6.07, 6.45) is 2.44. The molecule has 0 radical (unpaired) electrons. The summed E-state index contributed by atoms with van der Waals surface area (Å²) in [6.45, 7) is 5.91. The Hall–Kier alpha value is -2.86. The van der Waals surface area contributed by atoms with Crippen LogP contribution < -0.4 is 0 Å². The van der Waals surface area contributed by atoms with E-state index in [-0.39, 0.29) is 29.5 Å². The van der Waals surface area contributed by atoms with Gasteiger partial charge in [-0.05, 0) is 73.1 Å². The highest BCUT2D eigenvalue weighted by atomic mass is 19.1. The van der Waals surface area contributed by atoms with Crippen LogP contribution in [0.4, 0.5) is 4.39 Å². The number of carbonyl (C=O) groups is 1. The third kappa shape index (κ3) is 3.56. The lowest BCUT2D eigenvalue weighted by Crippen LogP contribution is -2.35. The van der Waals surface area contributed by atoms with Crippen LogP contribution in [0.25, 0.3) is 16.6 Å². The number of aliphatic hydroxyl groups is 1. The highest BCUT2D eigenvalue weighted by molar-refractivity contribution is 5.94. The van der Waals surface area contributed by atoms with E-state index in [4.69, 9.17) is 0 Å². The number of nitrogens with zero attached hydrogens (tertiary/aromatic N) is 1. The van der Waals surface area contributed by atoms with Crippen molar-refractivity contribution in [2.24, 2.45) is 5.92 Å². The van der Waals surface area contributed by atoms with Crippen LogP contribution in [0, 0.1) is 11.7 Å². The molecule has 1 aromatic heterocycles. The largest absolute Gasteiger partial charge is 0.507 e. The van der Waals surface area contributed by atoms with E-state index >= 15 is 0 Å². The number of aromatic nitrogens is 1. The number of hydrogen-bond acceptors (Lipinski definition) is 3. The van der Waals surface area contributed by atoms with Gasteiger partial charge in [-0.1, -0.05) is 26.8 Å². The van der Waals surface area contributed by atoms with Gasteiger partial charge < -0.3 is 19.9 Å². The number of aliphatic hydroxyl groups excluding tert-OH is 1. The Labute approximate surface area is 187 Å². The minimum atomic E-state index is -0.764. The van der Waals surface area contributed by atoms with Gasteiger partial charge in [-0.2, -0.15) is 0 Å². The molecular formula is C26H30FNO4. The molecule has 5 nitrogen and oxygen atoms in total. The number of aliphatic carboxylic acids is 1. The predicted octanol–water partition coefficient (Wildman–Crippen LogP) is 5.28. The number of carboxylic acids is 1. The average molecular weight is 440 g/mol. The van der Waals surface area contributed by atoms with E-state index in [1.54, 1.807) is 24.3 Å². The van der Waals surface area contributed by atoms with Crippen molar-refractivity contribution in [3.63, 3.8) is 0 Å². The molecule has 4 rings (SSSR count). The molecule has 6 heteroatoms. The molecule has 0 amide bonds. The molecule has 0 saturated heterocycles. The minimum Gasteiger partial charge on any atom is -0.507 e. The number of benzene rings is 2. The fraction of sp³-hybridized carbons (Fsp3) is 0.423. The normalized spacial score (nSPS) is 21.7. The molecule has 32 heavy (non-hydrogen) atoms. The fourth-order valence-electron chi connectivity index (χ4n) is 5.24. The second kappa shape index (κ2) is 7.93. The number of rotatable bonds is 5. The van der Waals surface area contributed by atoms with Crippen LogP contribution in [0.15, 0.2) is 42.5 Å². The number of halogens is 1. The molecule has 1 aliphatic carbocycles. The molecule has 1 fully saturated rings. The first-order valence-electron chi connectivity index (χ1n) is 11.1. The lowest BCUT2D eigenvalue weighted by Gasteiger charge is -2.39. The molecule has 1 heterocycles. The maximum Gasteiger partial charge on any atom is 0.306 e. The predicted molar refractivity (Wildman–Crippen MR) is 122 cm³/mol. The molecule has 3 aromatic rings. The molecule has 1 aliphatic rings. The van der Waals surface area contributed by atoms with Gasteiger partial charge in [0.25, 0.3) is 0 Å². The molecule has 170 valence electrons. The first-order valence-corrected chi connectivity index (χ1v) is 11.1. The second-order valence-electron chi connectivity index (χ2n) is 9.92. The number of phenols is 1. The third-order valence-corrected chi connectivity index (χ3v) is 7.13. The summed E-state index contributed by atoms with van der Waals surface area (Å²) in [5.41, 5.74) is 2.28. The summed E-state index contributed by atoms with van der Waals surface area (Å²) in [5.74, 6) is -1.32. The van der Waals surface area contributed by atoms with Crippen molar-refractivity contribution in [3.8, 4) is 11.4 Å². The standard InChI is InChI=1S/C26H30FNO4/c1-25(2,15-29)23-22(26(3)13-11-16(12-14-26)24(31)32)21-19(5-4-6-20(21)30)28(23)18-9-7-17(27)8-10-18/h4-10,16,29-30H,11-15H2,1-3H3,(H,31,32)/t16-,26+. The molecular weight excluding hydrogens is 409 g/mol. The summed E-state index contributed by atoms with van der Waals surface area (Å²) in [5, 5.41) is 31.5. The van der Waals surface area contributed by atoms with Crippen molar-refractivity contribution in [3.05, 3.63) is 59.5 Å². The van der Waals surface area contributed by atoms with Gasteiger partial charge in [0.15, 0.2) is 0 Å². The number of fused-ring (bicyclic) bond motifs is 1. The highest BCUT2D eigenvalue weighted by Crippen LogP contribution is 2.51. The zero-order valence-corrected chi connectivity index (χ0v) is 18.7. The molecule has 0 bridgehead atoms. The van der Waals surface area contributed by atoms with E-state index in [0.717, 1.165) is 22.5 Å². The van der Waals surface area contributed by atoms with Gasteiger partial charge in [-0.3, -0.25) is 4.79 Å². The molecule has 1 saturated carbocycles. The van der Waals surface area contributed by atoms with E-state index in [0.29, 0.717) is 31.1 Å². The topological polar surface area (TPSA) is 82.7 Å². The van der Waals surface area contributed by atoms with Crippen molar-refractivity contribution >= 4 is 16.9 Å². The zero-order valence-electron chi connectivity index (χ0n) is 18.7. The summed E-state index contributed by atoms with van der Waals surface area (Å²) >= 11 is 0. The Morgan fingerprint density at radius 1 is 1.16 bits per heavy atom. The Balaban J connectivity index is 2.05. The van der Waals surface area contributed by atoms with Crippen LogP contribution in [0.2, 0.25) is 0 Å². The maximum absolute atomic E-state index is 13.7. The van der Waals surface area contributed by atoms with Gasteiger partial charge in [0.1, 0.15) is 11.6 Å². The molecule has 0 unspecified atom stereocenters. The van der Waals surface area contributed by atoms with Gasteiger partial charge in [0, 0.05) is 22.2 Å². The van der Waals surface area contributed by atoms with Crippen LogP contribution >= 0.6 is 0 Å². The summed E-state index contributed by atoms with van der Waals surface area (Å²) in [6, 6.07) is 11.6. The number of aromatic hydroxyl groups is 1. The number of carboxylic acid groups (broad SMARTS) is 1. The van der Waals surface area contributed by atoms with Gasteiger partial charge in [-0.25, -0.2) is 4.39 Å². The van der Waals surface area contributed by atoms with E-state index in [9.17, 15) is 24.5 Å². The number of phenolic OH excluding ortho intramolecular Hbond substituents is 1. The molecule has 0 atom stereocenters. The van der Waals surface area contributed by atoms with Gasteiger partial charge >= 0.3 is 5.97 Å². The molecule has 0 spiro atoms. The summed E-state index contributed by atoms with van der Waals surface area (Å²) < 4.78 is 15.7. The summed E-state index contributed by atoms with van der Waals surface area (Å²) in [7, 11) is 0. The Bertz CT molecular complexity index is 1150. The number of hydrogen-bond donors (Lipinski definition) is 3. The van der Waals surface area contributed by atoms with Crippen LogP contribution in [-0.2, 0) is 15.6 Å². The molecule has 0 aliphatic heterocycles. The Kier molecular flexibility index (Phi) is 5.53. The fourth-order valence-corrected chi connectivity index (χ4v) is 5.24. The summed E-state index contributed by atoms with van der Waals surface area (Å²) in [4.78, 5) is 11.5. The van der Waals surface area contributed by atoms with Crippen LogP contribution in [0.5, 0.6) is 5.75 Å². The van der Waals surface area contributed by atoms with E-state index in [2.05, 4.69) is 6.92 Å². The quantitative estimate of drug-likeness (QED) is 0.505. The third-order valence-electron chi connectivity index (χ3n) is 7.13. The lowest BCUT2D eigenvalue weighted by atomic mass is 9.65. The first kappa shape index (κ1) is 22.3. The molecule has 2 aromatic carbocycles. The zero-order chi connectivity index (χ0) is 23.3. The highest BCUT2D eigenvalue weighted by Gasteiger charge is 2.43. The first-order chi connectivity index (χ1) is 15.1. The van der Waals surface area contributed by atoms with Crippen LogP contribution in [0.1, 0.15) is 57.7 Å². The second-order valence-corrected chi connectivity index (χ2v) is 9.92. The van der Waals surface area contributed by atoms with E-state index < -0.39 is 11.4 Å². The lowest BCUT2D eigenvalue weighted by molar-refractivity contribution is -0.143. The van der Waals surface area contributed by atoms with Crippen LogP contribution in [0.3, 0.4) is 0 Å². The minimum absolute atomic E-state index is 0.119. The van der Waals surface area contributed by atoms with E-state index in [1.165, 1.54) is 12.1 Å². The smallest absolute Gasteiger partial charge is 0.306 e. The van der Waals surface area contributed by atoms with Gasteiger partial charge in [0.2, 0.25) is 0 Å². The van der Waals surface area contributed by atoms with Crippen LogP contribution in [-0.4, -0.2) is 32.5 Å².